The van der Waals surface area contributed by atoms with E-state index < -0.39 is 10.0 Å². The fourth-order valence-corrected chi connectivity index (χ4v) is 5.73. The second-order valence-electron chi connectivity index (χ2n) is 8.38. The summed E-state index contributed by atoms with van der Waals surface area (Å²) in [6.07, 6.45) is 1.57. The second kappa shape index (κ2) is 9.79. The zero-order valence-electron chi connectivity index (χ0n) is 19.3. The molecule has 1 fully saturated rings. The van der Waals surface area contributed by atoms with E-state index in [1.54, 1.807) is 28.6 Å². The number of aromatic nitrogens is 2. The molecule has 3 aromatic rings. The van der Waals surface area contributed by atoms with Crippen molar-refractivity contribution in [2.24, 2.45) is 0 Å². The molecule has 0 spiro atoms. The van der Waals surface area contributed by atoms with Crippen molar-refractivity contribution in [3.05, 3.63) is 81.8 Å². The number of nitrogens with zero attached hydrogens (tertiary/aromatic N) is 4. The quantitative estimate of drug-likeness (QED) is 0.518. The third-order valence-electron chi connectivity index (χ3n) is 6.01. The molecule has 1 aromatic heterocycles. The van der Waals surface area contributed by atoms with Crippen LogP contribution in [-0.2, 0) is 22.9 Å². The summed E-state index contributed by atoms with van der Waals surface area (Å²) in [5, 5.41) is 0.519. The van der Waals surface area contributed by atoms with Gasteiger partial charge in [-0.25, -0.2) is 18.4 Å². The lowest BCUT2D eigenvalue weighted by atomic mass is 10.0. The first-order valence-corrected chi connectivity index (χ1v) is 13.0. The Kier molecular flexibility index (Phi) is 7.02. The molecule has 0 atom stereocenters. The van der Waals surface area contributed by atoms with Crippen LogP contribution in [0.3, 0.4) is 0 Å². The van der Waals surface area contributed by atoms with E-state index in [0.29, 0.717) is 31.2 Å². The van der Waals surface area contributed by atoms with Gasteiger partial charge in [0.15, 0.2) is 0 Å². The predicted octanol–water partition coefficient (Wildman–Crippen LogP) is 4.41. The van der Waals surface area contributed by atoms with Crippen LogP contribution >= 0.6 is 11.6 Å². The van der Waals surface area contributed by atoms with E-state index in [0.717, 1.165) is 35.7 Å². The zero-order chi connectivity index (χ0) is 23.6. The van der Waals surface area contributed by atoms with Gasteiger partial charge in [0.1, 0.15) is 11.6 Å². The highest BCUT2D eigenvalue weighted by Gasteiger charge is 2.30. The highest BCUT2D eigenvalue weighted by molar-refractivity contribution is 7.89. The fourth-order valence-electron chi connectivity index (χ4n) is 4.18. The number of hydrogen-bond acceptors (Lipinski definition) is 5. The van der Waals surface area contributed by atoms with E-state index >= 15 is 0 Å². The largest absolute Gasteiger partial charge is 0.354 e. The van der Waals surface area contributed by atoms with Gasteiger partial charge in [-0.3, -0.25) is 0 Å². The summed E-state index contributed by atoms with van der Waals surface area (Å²) in [6, 6.07) is 14.9. The van der Waals surface area contributed by atoms with Crippen LogP contribution in [0.5, 0.6) is 0 Å². The van der Waals surface area contributed by atoms with Gasteiger partial charge in [0.2, 0.25) is 10.0 Å². The topological polar surface area (TPSA) is 66.4 Å². The molecule has 0 unspecified atom stereocenters. The molecule has 0 amide bonds. The Morgan fingerprint density at radius 1 is 0.909 bits per heavy atom. The van der Waals surface area contributed by atoms with E-state index in [1.165, 1.54) is 11.1 Å². The number of rotatable bonds is 6. The number of piperazine rings is 1. The van der Waals surface area contributed by atoms with E-state index in [1.807, 2.05) is 6.92 Å². The number of aryl methyl sites for hydroxylation is 3. The van der Waals surface area contributed by atoms with Gasteiger partial charge >= 0.3 is 0 Å². The molecule has 0 N–H and O–H groups in total. The number of anilines is 1. The summed E-state index contributed by atoms with van der Waals surface area (Å²) >= 11 is 5.93. The van der Waals surface area contributed by atoms with Crippen molar-refractivity contribution in [2.75, 3.05) is 31.1 Å². The Hall–Kier alpha value is -2.48. The molecule has 33 heavy (non-hydrogen) atoms. The van der Waals surface area contributed by atoms with Crippen LogP contribution in [0.25, 0.3) is 0 Å². The van der Waals surface area contributed by atoms with Crippen molar-refractivity contribution >= 4 is 27.4 Å². The summed E-state index contributed by atoms with van der Waals surface area (Å²) in [4.78, 5) is 12.0. The summed E-state index contributed by atoms with van der Waals surface area (Å²) in [5.41, 5.74) is 4.62. The monoisotopic (exact) mass is 484 g/mol. The molecular weight excluding hydrogens is 456 g/mol. The molecule has 1 aliphatic heterocycles. The Bertz CT molecular complexity index is 1220. The molecule has 1 aliphatic rings. The summed E-state index contributed by atoms with van der Waals surface area (Å²) in [6.45, 7) is 8.07. The van der Waals surface area contributed by atoms with Crippen LogP contribution in [0, 0.1) is 13.8 Å². The predicted molar refractivity (Wildman–Crippen MR) is 133 cm³/mol. The van der Waals surface area contributed by atoms with Crippen LogP contribution in [0.1, 0.15) is 35.1 Å². The second-order valence-corrected chi connectivity index (χ2v) is 10.8. The summed E-state index contributed by atoms with van der Waals surface area (Å²) in [5.74, 6) is 1.66. The number of sulfonamides is 1. The van der Waals surface area contributed by atoms with Crippen molar-refractivity contribution in [3.8, 4) is 0 Å². The normalized spacial score (nSPS) is 15.1. The van der Waals surface area contributed by atoms with Crippen molar-refractivity contribution in [1.82, 2.24) is 14.3 Å². The molecule has 4 rings (SSSR count). The Morgan fingerprint density at radius 3 is 2.15 bits per heavy atom. The van der Waals surface area contributed by atoms with E-state index in [2.05, 4.69) is 43.0 Å². The van der Waals surface area contributed by atoms with Gasteiger partial charge in [-0.15, -0.1) is 0 Å². The minimum atomic E-state index is -3.55. The molecule has 0 bridgehead atoms. The van der Waals surface area contributed by atoms with Crippen molar-refractivity contribution < 1.29 is 8.42 Å². The maximum atomic E-state index is 13.1. The Labute approximate surface area is 201 Å². The van der Waals surface area contributed by atoms with Gasteiger partial charge in [0.25, 0.3) is 0 Å². The van der Waals surface area contributed by atoms with Crippen LogP contribution < -0.4 is 4.90 Å². The lowest BCUT2D eigenvalue weighted by Crippen LogP contribution is -2.49. The van der Waals surface area contributed by atoms with Crippen LogP contribution in [-0.4, -0.2) is 48.9 Å². The molecule has 6 nitrogen and oxygen atoms in total. The molecular formula is C25H29ClN4O2S. The third-order valence-corrected chi connectivity index (χ3v) is 8.17. The van der Waals surface area contributed by atoms with Crippen LogP contribution in [0.4, 0.5) is 5.82 Å². The first-order valence-electron chi connectivity index (χ1n) is 11.2. The highest BCUT2D eigenvalue weighted by atomic mass is 35.5. The molecule has 8 heteroatoms. The number of halogens is 1. The summed E-state index contributed by atoms with van der Waals surface area (Å²) < 4.78 is 27.7. The lowest BCUT2D eigenvalue weighted by molar-refractivity contribution is 0.383. The number of benzene rings is 2. The first-order chi connectivity index (χ1) is 15.8. The SMILES string of the molecule is CCc1nc(C)nc(N2CCN(S(=O)(=O)c3ccc(Cl)cc3)CC2)c1Cc1ccc(C)cc1. The van der Waals surface area contributed by atoms with Gasteiger partial charge in [-0.05, 0) is 50.1 Å². The average molecular weight is 485 g/mol. The minimum Gasteiger partial charge on any atom is -0.354 e. The Balaban J connectivity index is 1.58. The maximum Gasteiger partial charge on any atom is 0.243 e. The Morgan fingerprint density at radius 2 is 1.55 bits per heavy atom. The van der Waals surface area contributed by atoms with Gasteiger partial charge in [-0.2, -0.15) is 4.31 Å². The maximum absolute atomic E-state index is 13.1. The van der Waals surface area contributed by atoms with Gasteiger partial charge in [-0.1, -0.05) is 48.4 Å². The van der Waals surface area contributed by atoms with Crippen molar-refractivity contribution in [2.45, 2.75) is 38.5 Å². The molecule has 2 heterocycles. The molecule has 1 saturated heterocycles. The van der Waals surface area contributed by atoms with Crippen molar-refractivity contribution in [3.63, 3.8) is 0 Å². The highest BCUT2D eigenvalue weighted by Crippen LogP contribution is 2.27. The van der Waals surface area contributed by atoms with Crippen LogP contribution in [0.15, 0.2) is 53.4 Å². The lowest BCUT2D eigenvalue weighted by Gasteiger charge is -2.36. The zero-order valence-corrected chi connectivity index (χ0v) is 20.8. The average Bonchev–Trinajstić information content (AvgIpc) is 2.81. The van der Waals surface area contributed by atoms with Gasteiger partial charge in [0, 0.05) is 48.9 Å². The fraction of sp³-hybridized carbons (Fsp3) is 0.360. The molecule has 0 saturated carbocycles. The molecule has 174 valence electrons. The van der Waals surface area contributed by atoms with Crippen LogP contribution in [0.2, 0.25) is 5.02 Å². The third kappa shape index (κ3) is 5.21. The van der Waals surface area contributed by atoms with Gasteiger partial charge in [0.05, 0.1) is 4.90 Å². The standard InChI is InChI=1S/C25H29ClN4O2S/c1-4-24-23(17-20-7-5-18(2)6-8-20)25(28-19(3)27-24)29-13-15-30(16-14-29)33(31,32)22-11-9-21(26)10-12-22/h5-12H,4,13-17H2,1-3H3. The number of hydrogen-bond donors (Lipinski definition) is 0. The molecule has 2 aromatic carbocycles. The summed E-state index contributed by atoms with van der Waals surface area (Å²) in [7, 11) is -3.55. The molecule has 0 radical (unpaired) electrons. The molecule has 0 aliphatic carbocycles. The van der Waals surface area contributed by atoms with E-state index in [4.69, 9.17) is 21.6 Å². The van der Waals surface area contributed by atoms with Gasteiger partial charge < -0.3 is 4.90 Å². The first kappa shape index (κ1) is 23.7. The van der Waals surface area contributed by atoms with Crippen molar-refractivity contribution in [1.29, 1.82) is 0 Å². The smallest absolute Gasteiger partial charge is 0.243 e. The van der Waals surface area contributed by atoms with E-state index in [9.17, 15) is 8.42 Å². The minimum absolute atomic E-state index is 0.270. The van der Waals surface area contributed by atoms with E-state index in [-0.39, 0.29) is 4.90 Å².